The van der Waals surface area contributed by atoms with E-state index in [1.807, 2.05) is 30.3 Å². The maximum atomic E-state index is 12.4. The van der Waals surface area contributed by atoms with Crippen LogP contribution in [-0.4, -0.2) is 42.8 Å². The van der Waals surface area contributed by atoms with E-state index >= 15 is 0 Å². The quantitative estimate of drug-likeness (QED) is 0.508. The molecular formula is C21H19NO6S. The van der Waals surface area contributed by atoms with Crippen molar-refractivity contribution in [1.29, 1.82) is 0 Å². The zero-order valence-electron chi connectivity index (χ0n) is 15.9. The molecule has 0 aliphatic carbocycles. The van der Waals surface area contributed by atoms with Crippen LogP contribution in [0.1, 0.15) is 11.1 Å². The summed E-state index contributed by atoms with van der Waals surface area (Å²) in [6.45, 7) is -0.0168. The van der Waals surface area contributed by atoms with E-state index in [-0.39, 0.29) is 4.91 Å². The molecule has 0 atom stereocenters. The molecule has 2 amide bonds. The number of ether oxygens (including phenoxy) is 3. The van der Waals surface area contributed by atoms with Crippen LogP contribution in [0.25, 0.3) is 6.08 Å². The number of rotatable bonds is 7. The van der Waals surface area contributed by atoms with E-state index in [4.69, 9.17) is 9.47 Å². The molecule has 1 aliphatic heterocycles. The molecule has 3 rings (SSSR count). The van der Waals surface area contributed by atoms with Crippen molar-refractivity contribution >= 4 is 35.0 Å². The highest BCUT2D eigenvalue weighted by Crippen LogP contribution is 2.34. The standard InChI is InChI=1S/C21H19NO6S/c1-26-17-10-15(8-9-16(17)28-13-14-6-4-3-5-7-14)11-18-20(24)22(21(25)29-18)12-19(23)27-2/h3-11H,12-13H2,1-2H3/b18-11+. The number of hydrogen-bond acceptors (Lipinski definition) is 7. The van der Waals surface area contributed by atoms with E-state index in [2.05, 4.69) is 4.74 Å². The van der Waals surface area contributed by atoms with E-state index < -0.39 is 23.7 Å². The molecule has 1 fully saturated rings. The molecule has 7 nitrogen and oxygen atoms in total. The molecule has 0 unspecified atom stereocenters. The molecule has 2 aromatic rings. The van der Waals surface area contributed by atoms with E-state index in [0.717, 1.165) is 22.2 Å². The fourth-order valence-corrected chi connectivity index (χ4v) is 3.45. The summed E-state index contributed by atoms with van der Waals surface area (Å²) in [4.78, 5) is 36.9. The Bertz CT molecular complexity index is 957. The van der Waals surface area contributed by atoms with Gasteiger partial charge in [-0.1, -0.05) is 36.4 Å². The smallest absolute Gasteiger partial charge is 0.325 e. The molecule has 0 bridgehead atoms. The number of imide groups is 1. The molecule has 0 N–H and O–H groups in total. The van der Waals surface area contributed by atoms with Gasteiger partial charge in [0.2, 0.25) is 0 Å². The number of methoxy groups -OCH3 is 2. The van der Waals surface area contributed by atoms with Gasteiger partial charge in [-0.05, 0) is 41.1 Å². The molecule has 2 aromatic carbocycles. The summed E-state index contributed by atoms with van der Waals surface area (Å²) in [5, 5.41) is -0.513. The lowest BCUT2D eigenvalue weighted by Crippen LogP contribution is -2.34. The average molecular weight is 413 g/mol. The van der Waals surface area contributed by atoms with Crippen molar-refractivity contribution in [2.24, 2.45) is 0 Å². The van der Waals surface area contributed by atoms with Gasteiger partial charge in [-0.15, -0.1) is 0 Å². The molecule has 29 heavy (non-hydrogen) atoms. The second-order valence-corrected chi connectivity index (χ2v) is 7.02. The Morgan fingerprint density at radius 2 is 1.83 bits per heavy atom. The van der Waals surface area contributed by atoms with Crippen molar-refractivity contribution in [3.05, 3.63) is 64.6 Å². The Morgan fingerprint density at radius 3 is 2.52 bits per heavy atom. The molecule has 150 valence electrons. The first-order chi connectivity index (χ1) is 14.0. The van der Waals surface area contributed by atoms with Crippen LogP contribution in [0.2, 0.25) is 0 Å². The van der Waals surface area contributed by atoms with Crippen LogP contribution in [0.4, 0.5) is 4.79 Å². The largest absolute Gasteiger partial charge is 0.493 e. The lowest BCUT2D eigenvalue weighted by Gasteiger charge is -2.12. The van der Waals surface area contributed by atoms with E-state index in [1.165, 1.54) is 14.2 Å². The second kappa shape index (κ2) is 9.29. The van der Waals surface area contributed by atoms with E-state index in [0.29, 0.717) is 23.7 Å². The van der Waals surface area contributed by atoms with Crippen molar-refractivity contribution in [1.82, 2.24) is 4.90 Å². The first kappa shape index (κ1) is 20.5. The van der Waals surface area contributed by atoms with Crippen LogP contribution in [0.5, 0.6) is 11.5 Å². The van der Waals surface area contributed by atoms with Gasteiger partial charge in [-0.2, -0.15) is 0 Å². The first-order valence-corrected chi connectivity index (χ1v) is 9.50. The van der Waals surface area contributed by atoms with Gasteiger partial charge in [-0.25, -0.2) is 0 Å². The molecule has 0 spiro atoms. The number of nitrogens with zero attached hydrogens (tertiary/aromatic N) is 1. The molecule has 1 aliphatic rings. The van der Waals surface area contributed by atoms with Gasteiger partial charge >= 0.3 is 5.97 Å². The minimum Gasteiger partial charge on any atom is -0.493 e. The number of carbonyl (C=O) groups is 3. The molecule has 1 heterocycles. The van der Waals surface area contributed by atoms with Crippen LogP contribution in [-0.2, 0) is 20.9 Å². The summed E-state index contributed by atoms with van der Waals surface area (Å²) < 4.78 is 15.7. The molecule has 1 saturated heterocycles. The molecular weight excluding hydrogens is 394 g/mol. The minimum absolute atomic E-state index is 0.221. The Hall–Kier alpha value is -3.26. The van der Waals surface area contributed by atoms with Gasteiger partial charge < -0.3 is 14.2 Å². The second-order valence-electron chi connectivity index (χ2n) is 6.03. The highest BCUT2D eigenvalue weighted by molar-refractivity contribution is 8.18. The van der Waals surface area contributed by atoms with E-state index in [9.17, 15) is 14.4 Å². The third-order valence-corrected chi connectivity index (χ3v) is 5.02. The predicted molar refractivity (Wildman–Crippen MR) is 108 cm³/mol. The maximum Gasteiger partial charge on any atom is 0.325 e. The van der Waals surface area contributed by atoms with Crippen molar-refractivity contribution in [3.63, 3.8) is 0 Å². The fraction of sp³-hybridized carbons (Fsp3) is 0.190. The van der Waals surface area contributed by atoms with Gasteiger partial charge in [0.15, 0.2) is 11.5 Å². The summed E-state index contributed by atoms with van der Waals surface area (Å²) in [5.74, 6) is -0.125. The fourth-order valence-electron chi connectivity index (χ4n) is 2.61. The molecule has 0 aromatic heterocycles. The number of amides is 2. The summed E-state index contributed by atoms with van der Waals surface area (Å²) in [6.07, 6.45) is 1.58. The highest BCUT2D eigenvalue weighted by Gasteiger charge is 2.36. The van der Waals surface area contributed by atoms with Crippen molar-refractivity contribution in [2.45, 2.75) is 6.61 Å². The Labute approximate surface area is 172 Å². The molecule has 0 radical (unpaired) electrons. The van der Waals surface area contributed by atoms with Crippen LogP contribution >= 0.6 is 11.8 Å². The summed E-state index contributed by atoms with van der Waals surface area (Å²) in [7, 11) is 2.73. The molecule has 0 saturated carbocycles. The summed E-state index contributed by atoms with van der Waals surface area (Å²) in [5.41, 5.74) is 1.69. The zero-order chi connectivity index (χ0) is 20.8. The summed E-state index contributed by atoms with van der Waals surface area (Å²) >= 11 is 0.773. The van der Waals surface area contributed by atoms with Crippen LogP contribution < -0.4 is 9.47 Å². The van der Waals surface area contributed by atoms with E-state index in [1.54, 1.807) is 24.3 Å². The maximum absolute atomic E-state index is 12.4. The Balaban J connectivity index is 1.75. The highest BCUT2D eigenvalue weighted by atomic mass is 32.2. The predicted octanol–water partition coefficient (Wildman–Crippen LogP) is 3.48. The first-order valence-electron chi connectivity index (χ1n) is 8.68. The van der Waals surface area contributed by atoms with Crippen LogP contribution in [0.3, 0.4) is 0 Å². The summed E-state index contributed by atoms with van der Waals surface area (Å²) in [6, 6.07) is 15.0. The topological polar surface area (TPSA) is 82.1 Å². The van der Waals surface area contributed by atoms with Gasteiger partial charge in [0.25, 0.3) is 11.1 Å². The Kier molecular flexibility index (Phi) is 6.56. The van der Waals surface area contributed by atoms with Gasteiger partial charge in [0.1, 0.15) is 13.2 Å². The number of carbonyl (C=O) groups excluding carboxylic acids is 3. The van der Waals surface area contributed by atoms with Gasteiger partial charge in [-0.3, -0.25) is 19.3 Å². The van der Waals surface area contributed by atoms with Crippen molar-refractivity contribution in [3.8, 4) is 11.5 Å². The normalized spacial score (nSPS) is 15.0. The Morgan fingerprint density at radius 1 is 1.07 bits per heavy atom. The number of esters is 1. The van der Waals surface area contributed by atoms with Crippen molar-refractivity contribution < 1.29 is 28.6 Å². The number of benzene rings is 2. The lowest BCUT2D eigenvalue weighted by atomic mass is 10.1. The van der Waals surface area contributed by atoms with Gasteiger partial charge in [0, 0.05) is 0 Å². The van der Waals surface area contributed by atoms with Crippen LogP contribution in [0.15, 0.2) is 53.4 Å². The number of hydrogen-bond donors (Lipinski definition) is 0. The SMILES string of the molecule is COC(=O)CN1C(=O)S/C(=C/c2ccc(OCc3ccccc3)c(OC)c2)C1=O. The average Bonchev–Trinajstić information content (AvgIpc) is 3.00. The minimum atomic E-state index is -0.657. The zero-order valence-corrected chi connectivity index (χ0v) is 16.7. The monoisotopic (exact) mass is 413 g/mol. The third-order valence-electron chi connectivity index (χ3n) is 4.11. The van der Waals surface area contributed by atoms with Crippen LogP contribution in [0, 0.1) is 0 Å². The number of thioether (sulfide) groups is 1. The van der Waals surface area contributed by atoms with Gasteiger partial charge in [0.05, 0.1) is 19.1 Å². The lowest BCUT2D eigenvalue weighted by molar-refractivity contribution is -0.143. The molecule has 8 heteroatoms. The third kappa shape index (κ3) is 4.97. The van der Waals surface area contributed by atoms with Crippen molar-refractivity contribution in [2.75, 3.05) is 20.8 Å².